The first-order valence-electron chi connectivity index (χ1n) is 3.12. The Labute approximate surface area is 83.5 Å². The fourth-order valence-electron chi connectivity index (χ4n) is 0.669. The molecule has 13 heavy (non-hydrogen) atoms. The van der Waals surface area contributed by atoms with Gasteiger partial charge in [-0.05, 0) is 11.4 Å². The second-order valence-corrected chi connectivity index (χ2v) is 5.52. The maximum atomic E-state index is 10.9. The summed E-state index contributed by atoms with van der Waals surface area (Å²) in [6.07, 6.45) is 0. The van der Waals surface area contributed by atoms with Gasteiger partial charge in [-0.2, -0.15) is 0 Å². The van der Waals surface area contributed by atoms with Crippen molar-refractivity contribution >= 4 is 37.0 Å². The lowest BCUT2D eigenvalue weighted by Crippen LogP contribution is -2.02. The van der Waals surface area contributed by atoms with Crippen LogP contribution >= 0.6 is 22.0 Å². The number of esters is 1. The largest absolute Gasteiger partial charge is 0.414 e. The van der Waals surface area contributed by atoms with Crippen LogP contribution in [-0.2, 0) is 13.8 Å². The Balaban J connectivity index is 3.11. The third-order valence-electron chi connectivity index (χ3n) is 1.09. The summed E-state index contributed by atoms with van der Waals surface area (Å²) < 4.78 is 26.4. The highest BCUT2D eigenvalue weighted by atomic mass is 35.7. The Morgan fingerprint density at radius 2 is 2.23 bits per heavy atom. The number of thiophene rings is 1. The Morgan fingerprint density at radius 1 is 1.62 bits per heavy atom. The molecule has 0 aliphatic carbocycles. The minimum Gasteiger partial charge on any atom is -0.414 e. The molecule has 0 aromatic carbocycles. The van der Waals surface area contributed by atoms with Crippen LogP contribution in [0.3, 0.4) is 0 Å². The van der Waals surface area contributed by atoms with Gasteiger partial charge in [0.2, 0.25) is 5.06 Å². The molecule has 0 spiro atoms. The molecule has 0 radical (unpaired) electrons. The lowest BCUT2D eigenvalue weighted by atomic mass is 10.6. The van der Waals surface area contributed by atoms with E-state index in [0.29, 0.717) is 0 Å². The van der Waals surface area contributed by atoms with E-state index in [-0.39, 0.29) is 9.96 Å². The zero-order chi connectivity index (χ0) is 10.1. The van der Waals surface area contributed by atoms with E-state index in [1.165, 1.54) is 18.4 Å². The highest BCUT2D eigenvalue weighted by Crippen LogP contribution is 2.32. The molecule has 0 aliphatic heterocycles. The molecule has 4 nitrogen and oxygen atoms in total. The summed E-state index contributed by atoms with van der Waals surface area (Å²) in [6, 6.07) is 1.28. The number of carbonyl (C=O) groups excluding carboxylic acids is 1. The first-order chi connectivity index (χ1) is 5.91. The Hall–Kier alpha value is -0.590. The number of hydrogen-bond acceptors (Lipinski definition) is 5. The van der Waals surface area contributed by atoms with E-state index in [2.05, 4.69) is 4.74 Å². The second kappa shape index (κ2) is 3.65. The Kier molecular flexibility index (Phi) is 2.94. The third kappa shape index (κ3) is 2.68. The molecular formula is C6H5ClO4S2. The number of rotatable bonds is 2. The van der Waals surface area contributed by atoms with Crippen molar-refractivity contribution in [2.24, 2.45) is 0 Å². The quantitative estimate of drug-likeness (QED) is 0.582. The van der Waals surface area contributed by atoms with Gasteiger partial charge in [0.15, 0.2) is 0 Å². The van der Waals surface area contributed by atoms with Gasteiger partial charge in [-0.3, -0.25) is 4.79 Å². The van der Waals surface area contributed by atoms with Crippen LogP contribution in [0.5, 0.6) is 5.06 Å². The molecule has 0 saturated carbocycles. The van der Waals surface area contributed by atoms with Crippen molar-refractivity contribution in [2.45, 2.75) is 11.8 Å². The minimum atomic E-state index is -3.83. The fraction of sp³-hybridized carbons (Fsp3) is 0.167. The van der Waals surface area contributed by atoms with Crippen LogP contribution in [0.4, 0.5) is 0 Å². The van der Waals surface area contributed by atoms with Crippen molar-refractivity contribution in [3.8, 4) is 5.06 Å². The standard InChI is InChI=1S/C6H5ClO4S2/c1-4(8)11-6-5(2-3-12-6)13(7,9)10/h2-3H,1H3. The predicted molar refractivity (Wildman–Crippen MR) is 48.7 cm³/mol. The SMILES string of the molecule is CC(=O)Oc1sccc1S(=O)(=O)Cl. The number of halogens is 1. The van der Waals surface area contributed by atoms with Crippen molar-refractivity contribution in [3.05, 3.63) is 11.4 Å². The molecule has 72 valence electrons. The lowest BCUT2D eigenvalue weighted by Gasteiger charge is -1.98. The zero-order valence-corrected chi connectivity index (χ0v) is 8.87. The van der Waals surface area contributed by atoms with E-state index < -0.39 is 15.0 Å². The topological polar surface area (TPSA) is 60.4 Å². The highest BCUT2D eigenvalue weighted by molar-refractivity contribution is 8.14. The maximum absolute atomic E-state index is 10.9. The van der Waals surface area contributed by atoms with E-state index in [1.54, 1.807) is 0 Å². The van der Waals surface area contributed by atoms with Crippen LogP contribution in [0.25, 0.3) is 0 Å². The summed E-state index contributed by atoms with van der Waals surface area (Å²) in [5.74, 6) is -0.580. The molecule has 0 saturated heterocycles. The molecule has 0 N–H and O–H groups in total. The monoisotopic (exact) mass is 240 g/mol. The molecule has 1 aromatic heterocycles. The van der Waals surface area contributed by atoms with Gasteiger partial charge in [0, 0.05) is 17.6 Å². The summed E-state index contributed by atoms with van der Waals surface area (Å²) in [6.45, 7) is 1.18. The average molecular weight is 241 g/mol. The summed E-state index contributed by atoms with van der Waals surface area (Å²) >= 11 is 0.998. The zero-order valence-electron chi connectivity index (χ0n) is 6.48. The molecular weight excluding hydrogens is 236 g/mol. The maximum Gasteiger partial charge on any atom is 0.308 e. The van der Waals surface area contributed by atoms with Crippen molar-refractivity contribution in [2.75, 3.05) is 0 Å². The van der Waals surface area contributed by atoms with Crippen LogP contribution < -0.4 is 4.74 Å². The van der Waals surface area contributed by atoms with Crippen LogP contribution in [0.15, 0.2) is 16.3 Å². The van der Waals surface area contributed by atoms with Crippen molar-refractivity contribution < 1.29 is 17.9 Å². The molecule has 0 amide bonds. The van der Waals surface area contributed by atoms with Crippen LogP contribution in [0, 0.1) is 0 Å². The Bertz CT molecular complexity index is 420. The highest BCUT2D eigenvalue weighted by Gasteiger charge is 2.19. The third-order valence-corrected chi connectivity index (χ3v) is 3.36. The van der Waals surface area contributed by atoms with E-state index in [4.69, 9.17) is 10.7 Å². The van der Waals surface area contributed by atoms with Crippen LogP contribution in [0.1, 0.15) is 6.92 Å². The Morgan fingerprint density at radius 3 is 2.69 bits per heavy atom. The first-order valence-corrected chi connectivity index (χ1v) is 6.30. The number of carbonyl (C=O) groups is 1. The van der Waals surface area contributed by atoms with Gasteiger partial charge in [0.1, 0.15) is 4.90 Å². The number of ether oxygens (including phenoxy) is 1. The summed E-state index contributed by atoms with van der Waals surface area (Å²) in [4.78, 5) is 10.4. The molecule has 0 bridgehead atoms. The molecule has 0 aliphatic rings. The van der Waals surface area contributed by atoms with Gasteiger partial charge < -0.3 is 4.74 Å². The van der Waals surface area contributed by atoms with Gasteiger partial charge in [-0.15, -0.1) is 11.3 Å². The van der Waals surface area contributed by atoms with Crippen molar-refractivity contribution in [1.29, 1.82) is 0 Å². The van der Waals surface area contributed by atoms with E-state index in [0.717, 1.165) is 11.3 Å². The molecule has 0 fully saturated rings. The van der Waals surface area contributed by atoms with Crippen molar-refractivity contribution in [3.63, 3.8) is 0 Å². The first kappa shape index (κ1) is 10.5. The molecule has 0 atom stereocenters. The van der Waals surface area contributed by atoms with Gasteiger partial charge in [0.25, 0.3) is 9.05 Å². The van der Waals surface area contributed by atoms with Crippen LogP contribution in [0.2, 0.25) is 0 Å². The fourth-order valence-corrected chi connectivity index (χ4v) is 2.88. The van der Waals surface area contributed by atoms with E-state index in [9.17, 15) is 13.2 Å². The van der Waals surface area contributed by atoms with Gasteiger partial charge in [-0.25, -0.2) is 8.42 Å². The van der Waals surface area contributed by atoms with Crippen LogP contribution in [-0.4, -0.2) is 14.4 Å². The normalized spacial score (nSPS) is 11.2. The number of hydrogen-bond donors (Lipinski definition) is 0. The molecule has 1 heterocycles. The average Bonchev–Trinajstić information content (AvgIpc) is 2.31. The van der Waals surface area contributed by atoms with Gasteiger partial charge >= 0.3 is 5.97 Å². The summed E-state index contributed by atoms with van der Waals surface area (Å²) in [5.41, 5.74) is 0. The molecule has 7 heteroatoms. The predicted octanol–water partition coefficient (Wildman–Crippen LogP) is 1.60. The van der Waals surface area contributed by atoms with Gasteiger partial charge in [-0.1, -0.05) is 0 Å². The molecule has 0 unspecified atom stereocenters. The minimum absolute atomic E-state index is 0.00231. The lowest BCUT2D eigenvalue weighted by molar-refractivity contribution is -0.131. The summed E-state index contributed by atoms with van der Waals surface area (Å²) in [7, 11) is 1.25. The molecule has 1 aromatic rings. The molecule has 1 rings (SSSR count). The second-order valence-electron chi connectivity index (χ2n) is 2.10. The van der Waals surface area contributed by atoms with E-state index in [1.807, 2.05) is 0 Å². The smallest absolute Gasteiger partial charge is 0.308 e. The summed E-state index contributed by atoms with van der Waals surface area (Å²) in [5, 5.41) is 1.48. The van der Waals surface area contributed by atoms with Gasteiger partial charge in [0.05, 0.1) is 0 Å². The van der Waals surface area contributed by atoms with Crippen molar-refractivity contribution in [1.82, 2.24) is 0 Å². The van der Waals surface area contributed by atoms with E-state index >= 15 is 0 Å².